The Labute approximate surface area is 152 Å². The maximum atomic E-state index is 5.78. The standard InChI is InChI=1S/C17H23N5O2S/c25-17-21(14-19-6-10-23-11-7-19)18-16(20-8-12-24-13-9-20)22(17)15-4-2-1-3-5-15/h1-5H,6-14H2. The molecule has 1 aromatic carbocycles. The van der Waals surface area contributed by atoms with E-state index in [0.717, 1.165) is 69.0 Å². The van der Waals surface area contributed by atoms with Crippen molar-refractivity contribution < 1.29 is 9.47 Å². The highest BCUT2D eigenvalue weighted by atomic mass is 32.1. The molecular weight excluding hydrogens is 338 g/mol. The van der Waals surface area contributed by atoms with Crippen LogP contribution in [0, 0.1) is 4.77 Å². The number of morpholine rings is 2. The van der Waals surface area contributed by atoms with Crippen molar-refractivity contribution in [2.24, 2.45) is 0 Å². The molecule has 2 fully saturated rings. The molecular formula is C17H23N5O2S. The van der Waals surface area contributed by atoms with Gasteiger partial charge in [-0.1, -0.05) is 18.2 Å². The Morgan fingerprint density at radius 2 is 1.56 bits per heavy atom. The third-order valence-corrected chi connectivity index (χ3v) is 4.96. The second kappa shape index (κ2) is 7.65. The summed E-state index contributed by atoms with van der Waals surface area (Å²) in [5.74, 6) is 0.896. The number of hydrogen-bond donors (Lipinski definition) is 0. The molecule has 0 bridgehead atoms. The summed E-state index contributed by atoms with van der Waals surface area (Å²) in [6, 6.07) is 10.2. The lowest BCUT2D eigenvalue weighted by atomic mass is 10.3. The first kappa shape index (κ1) is 16.7. The quantitative estimate of drug-likeness (QED) is 0.770. The van der Waals surface area contributed by atoms with Crippen molar-refractivity contribution in [3.05, 3.63) is 35.1 Å². The van der Waals surface area contributed by atoms with Gasteiger partial charge in [-0.2, -0.15) is 0 Å². The number of benzene rings is 1. The summed E-state index contributed by atoms with van der Waals surface area (Å²) in [5.41, 5.74) is 1.04. The topological polar surface area (TPSA) is 47.7 Å². The number of para-hydroxylation sites is 1. The van der Waals surface area contributed by atoms with Crippen molar-refractivity contribution >= 4 is 18.2 Å². The summed E-state index contributed by atoms with van der Waals surface area (Å²) in [5, 5.41) is 4.87. The zero-order chi connectivity index (χ0) is 17.1. The van der Waals surface area contributed by atoms with Crippen molar-refractivity contribution in [1.29, 1.82) is 0 Å². The van der Waals surface area contributed by atoms with Gasteiger partial charge in [0.1, 0.15) is 0 Å². The minimum absolute atomic E-state index is 0.694. The summed E-state index contributed by atoms with van der Waals surface area (Å²) < 4.78 is 15.6. The molecule has 8 heteroatoms. The number of ether oxygens (including phenoxy) is 2. The van der Waals surface area contributed by atoms with Gasteiger partial charge in [0.15, 0.2) is 0 Å². The SMILES string of the molecule is S=c1n(CN2CCOCC2)nc(N2CCOCC2)n1-c1ccccc1. The van der Waals surface area contributed by atoms with Crippen molar-refractivity contribution in [2.45, 2.75) is 6.67 Å². The summed E-state index contributed by atoms with van der Waals surface area (Å²) in [6.07, 6.45) is 0. The summed E-state index contributed by atoms with van der Waals surface area (Å²) >= 11 is 5.78. The highest BCUT2D eigenvalue weighted by Crippen LogP contribution is 2.21. The maximum Gasteiger partial charge on any atom is 0.230 e. The largest absolute Gasteiger partial charge is 0.379 e. The lowest BCUT2D eigenvalue weighted by Gasteiger charge is -2.27. The van der Waals surface area contributed by atoms with Gasteiger partial charge in [0.25, 0.3) is 0 Å². The van der Waals surface area contributed by atoms with Crippen LogP contribution in [0.5, 0.6) is 0 Å². The Morgan fingerprint density at radius 1 is 0.920 bits per heavy atom. The lowest BCUT2D eigenvalue weighted by Crippen LogP contribution is -2.38. The Bertz CT molecular complexity index is 748. The van der Waals surface area contributed by atoms with Gasteiger partial charge in [-0.3, -0.25) is 9.47 Å². The van der Waals surface area contributed by atoms with Gasteiger partial charge < -0.3 is 14.4 Å². The number of nitrogens with zero attached hydrogens (tertiary/aromatic N) is 5. The summed E-state index contributed by atoms with van der Waals surface area (Å²) in [7, 11) is 0. The van der Waals surface area contributed by atoms with Crippen LogP contribution in [0.2, 0.25) is 0 Å². The van der Waals surface area contributed by atoms with Gasteiger partial charge in [0.2, 0.25) is 10.7 Å². The molecule has 0 saturated carbocycles. The molecule has 25 heavy (non-hydrogen) atoms. The predicted molar refractivity (Wildman–Crippen MR) is 97.8 cm³/mol. The fourth-order valence-corrected chi connectivity index (χ4v) is 3.48. The molecule has 0 aliphatic carbocycles. The molecule has 0 unspecified atom stereocenters. The Kier molecular flexibility index (Phi) is 5.12. The molecule has 134 valence electrons. The van der Waals surface area contributed by atoms with E-state index in [1.807, 2.05) is 22.9 Å². The maximum absolute atomic E-state index is 5.78. The molecule has 1 aromatic heterocycles. The Balaban J connectivity index is 1.70. The lowest BCUT2D eigenvalue weighted by molar-refractivity contribution is 0.0210. The number of hydrogen-bond acceptors (Lipinski definition) is 6. The highest BCUT2D eigenvalue weighted by Gasteiger charge is 2.22. The van der Waals surface area contributed by atoms with E-state index in [1.54, 1.807) is 0 Å². The van der Waals surface area contributed by atoms with Crippen molar-refractivity contribution in [1.82, 2.24) is 19.2 Å². The first-order chi connectivity index (χ1) is 12.3. The van der Waals surface area contributed by atoms with Crippen LogP contribution in [0.25, 0.3) is 5.69 Å². The number of rotatable bonds is 4. The molecule has 2 aliphatic rings. The third-order valence-electron chi connectivity index (χ3n) is 4.57. The first-order valence-electron chi connectivity index (χ1n) is 8.71. The van der Waals surface area contributed by atoms with Crippen molar-refractivity contribution in [3.8, 4) is 5.69 Å². The van der Waals surface area contributed by atoms with Gasteiger partial charge in [-0.05, 0) is 24.4 Å². The average molecular weight is 361 g/mol. The van der Waals surface area contributed by atoms with Crippen LogP contribution in [0.15, 0.2) is 30.3 Å². The molecule has 7 nitrogen and oxygen atoms in total. The fourth-order valence-electron chi connectivity index (χ4n) is 3.19. The second-order valence-electron chi connectivity index (χ2n) is 6.22. The smallest absolute Gasteiger partial charge is 0.230 e. The summed E-state index contributed by atoms with van der Waals surface area (Å²) in [4.78, 5) is 4.58. The van der Waals surface area contributed by atoms with E-state index in [9.17, 15) is 0 Å². The molecule has 2 aromatic rings. The molecule has 0 atom stereocenters. The third kappa shape index (κ3) is 3.62. The average Bonchev–Trinajstić information content (AvgIpc) is 3.00. The van der Waals surface area contributed by atoms with Gasteiger partial charge in [0, 0.05) is 26.2 Å². The van der Waals surface area contributed by atoms with Crippen molar-refractivity contribution in [3.63, 3.8) is 0 Å². The van der Waals surface area contributed by atoms with E-state index >= 15 is 0 Å². The molecule has 3 heterocycles. The molecule has 0 spiro atoms. The van der Waals surface area contributed by atoms with Gasteiger partial charge in [-0.15, -0.1) is 5.10 Å². The second-order valence-corrected chi connectivity index (χ2v) is 6.59. The minimum atomic E-state index is 0.694. The van der Waals surface area contributed by atoms with E-state index in [1.165, 1.54) is 0 Å². The van der Waals surface area contributed by atoms with Crippen LogP contribution in [-0.2, 0) is 16.1 Å². The van der Waals surface area contributed by atoms with Gasteiger partial charge >= 0.3 is 0 Å². The Morgan fingerprint density at radius 3 is 2.24 bits per heavy atom. The van der Waals surface area contributed by atoms with E-state index in [4.69, 9.17) is 26.8 Å². The first-order valence-corrected chi connectivity index (χ1v) is 9.12. The molecule has 4 rings (SSSR count). The number of aromatic nitrogens is 3. The molecule has 2 saturated heterocycles. The monoisotopic (exact) mass is 361 g/mol. The fraction of sp³-hybridized carbons (Fsp3) is 0.529. The zero-order valence-electron chi connectivity index (χ0n) is 14.2. The van der Waals surface area contributed by atoms with E-state index in [-0.39, 0.29) is 0 Å². The van der Waals surface area contributed by atoms with Crippen LogP contribution in [0.1, 0.15) is 0 Å². The number of anilines is 1. The predicted octanol–water partition coefficient (Wildman–Crippen LogP) is 1.53. The van der Waals surface area contributed by atoms with E-state index in [0.29, 0.717) is 6.67 Å². The molecule has 0 radical (unpaired) electrons. The Hall–Kier alpha value is -1.74. The van der Waals surface area contributed by atoms with Crippen molar-refractivity contribution in [2.75, 3.05) is 57.5 Å². The van der Waals surface area contributed by atoms with Gasteiger partial charge in [0.05, 0.1) is 38.8 Å². The normalized spacial score (nSPS) is 19.3. The zero-order valence-corrected chi connectivity index (χ0v) is 15.0. The van der Waals surface area contributed by atoms with Gasteiger partial charge in [-0.25, -0.2) is 4.68 Å². The molecule has 0 amide bonds. The van der Waals surface area contributed by atoms with Crippen LogP contribution in [0.3, 0.4) is 0 Å². The van der Waals surface area contributed by atoms with E-state index in [2.05, 4.69) is 26.5 Å². The molecule has 2 aliphatic heterocycles. The minimum Gasteiger partial charge on any atom is -0.379 e. The molecule has 0 N–H and O–H groups in total. The van der Waals surface area contributed by atoms with Crippen LogP contribution in [-0.4, -0.2) is 71.9 Å². The van der Waals surface area contributed by atoms with Crippen LogP contribution in [0.4, 0.5) is 5.95 Å². The van der Waals surface area contributed by atoms with Crippen LogP contribution >= 0.6 is 12.2 Å². The van der Waals surface area contributed by atoms with E-state index < -0.39 is 0 Å². The summed E-state index contributed by atoms with van der Waals surface area (Å²) in [6.45, 7) is 7.15. The highest BCUT2D eigenvalue weighted by molar-refractivity contribution is 7.71. The van der Waals surface area contributed by atoms with Crippen LogP contribution < -0.4 is 4.90 Å².